The summed E-state index contributed by atoms with van der Waals surface area (Å²) in [6.45, 7) is 0. The lowest BCUT2D eigenvalue weighted by molar-refractivity contribution is 0.399. The van der Waals surface area contributed by atoms with Gasteiger partial charge in [-0.3, -0.25) is 0 Å². The number of halogens is 1. The summed E-state index contributed by atoms with van der Waals surface area (Å²) in [6.07, 6.45) is 6.16. The molecule has 0 atom stereocenters. The zero-order valence-electron chi connectivity index (χ0n) is 4.36. The lowest BCUT2D eigenvalue weighted by Crippen LogP contribution is -2.11. The molecule has 0 aromatic carbocycles. The van der Waals surface area contributed by atoms with Gasteiger partial charge in [-0.1, -0.05) is 0 Å². The summed E-state index contributed by atoms with van der Waals surface area (Å²) in [5, 5.41) is 0. The van der Waals surface area contributed by atoms with Crippen molar-refractivity contribution in [1.29, 1.82) is 0 Å². The van der Waals surface area contributed by atoms with Crippen LogP contribution < -0.4 is 0 Å². The Labute approximate surface area is 49.9 Å². The van der Waals surface area contributed by atoms with Crippen molar-refractivity contribution in [2.24, 2.45) is 5.92 Å². The Balaban J connectivity index is 1.93. The van der Waals surface area contributed by atoms with Gasteiger partial charge in [0.25, 0.3) is 0 Å². The summed E-state index contributed by atoms with van der Waals surface area (Å²) >= 11 is 5.50. The molecule has 1 heteroatoms. The SMILES string of the molecule is ClCCC1C[CH]C1. The van der Waals surface area contributed by atoms with Crippen LogP contribution in [0.4, 0.5) is 0 Å². The van der Waals surface area contributed by atoms with Gasteiger partial charge in [-0.2, -0.15) is 0 Å². The van der Waals surface area contributed by atoms with Crippen LogP contribution in [0.5, 0.6) is 0 Å². The molecule has 41 valence electrons. The van der Waals surface area contributed by atoms with Crippen LogP contribution in [0.2, 0.25) is 0 Å². The lowest BCUT2D eigenvalue weighted by atomic mass is 9.84. The number of hydrogen-bond acceptors (Lipinski definition) is 0. The van der Waals surface area contributed by atoms with Crippen LogP contribution in [-0.4, -0.2) is 5.88 Å². The second kappa shape index (κ2) is 2.56. The fourth-order valence-corrected chi connectivity index (χ4v) is 1.10. The van der Waals surface area contributed by atoms with Crippen molar-refractivity contribution < 1.29 is 0 Å². The van der Waals surface area contributed by atoms with Crippen LogP contribution >= 0.6 is 11.6 Å². The molecule has 0 heterocycles. The van der Waals surface area contributed by atoms with Crippen molar-refractivity contribution in [2.45, 2.75) is 19.3 Å². The fourth-order valence-electron chi connectivity index (χ4n) is 0.792. The van der Waals surface area contributed by atoms with Gasteiger partial charge in [0.2, 0.25) is 0 Å². The number of rotatable bonds is 2. The second-order valence-electron chi connectivity index (χ2n) is 2.10. The molecule has 0 bridgehead atoms. The molecule has 0 nitrogen and oxygen atoms in total. The van der Waals surface area contributed by atoms with Gasteiger partial charge in [0, 0.05) is 5.88 Å². The smallest absolute Gasteiger partial charge is 0.0226 e. The Hall–Kier alpha value is 0.290. The molecule has 0 aromatic rings. The molecule has 1 saturated carbocycles. The predicted molar refractivity (Wildman–Crippen MR) is 32.4 cm³/mol. The molecule has 7 heavy (non-hydrogen) atoms. The summed E-state index contributed by atoms with van der Waals surface area (Å²) in [5.74, 6) is 1.79. The zero-order chi connectivity index (χ0) is 5.11. The first-order valence-corrected chi connectivity index (χ1v) is 3.34. The maximum atomic E-state index is 5.50. The minimum absolute atomic E-state index is 0.846. The van der Waals surface area contributed by atoms with Crippen LogP contribution in [-0.2, 0) is 0 Å². The maximum Gasteiger partial charge on any atom is 0.0226 e. The highest BCUT2D eigenvalue weighted by Gasteiger charge is 2.15. The van der Waals surface area contributed by atoms with Crippen molar-refractivity contribution in [1.82, 2.24) is 0 Å². The van der Waals surface area contributed by atoms with E-state index < -0.39 is 0 Å². The Morgan fingerprint density at radius 1 is 1.57 bits per heavy atom. The minimum atomic E-state index is 0.846. The summed E-state index contributed by atoms with van der Waals surface area (Å²) < 4.78 is 0. The minimum Gasteiger partial charge on any atom is -0.127 e. The van der Waals surface area contributed by atoms with Gasteiger partial charge in [0.05, 0.1) is 0 Å². The highest BCUT2D eigenvalue weighted by Crippen LogP contribution is 2.28. The van der Waals surface area contributed by atoms with Crippen LogP contribution in [0.15, 0.2) is 0 Å². The van der Waals surface area contributed by atoms with Gasteiger partial charge >= 0.3 is 0 Å². The number of alkyl halides is 1. The lowest BCUT2D eigenvalue weighted by Gasteiger charge is -2.23. The van der Waals surface area contributed by atoms with E-state index in [1.54, 1.807) is 0 Å². The van der Waals surface area contributed by atoms with Crippen molar-refractivity contribution in [3.8, 4) is 0 Å². The van der Waals surface area contributed by atoms with Gasteiger partial charge in [-0.05, 0) is 31.6 Å². The molecule has 0 aliphatic heterocycles. The van der Waals surface area contributed by atoms with E-state index >= 15 is 0 Å². The molecule has 0 N–H and O–H groups in total. The first-order chi connectivity index (χ1) is 3.43. The van der Waals surface area contributed by atoms with Gasteiger partial charge in [0.1, 0.15) is 0 Å². The average molecular weight is 118 g/mol. The number of hydrogen-bond donors (Lipinski definition) is 0. The molecule has 1 aliphatic rings. The van der Waals surface area contributed by atoms with E-state index in [0.717, 1.165) is 11.8 Å². The second-order valence-corrected chi connectivity index (χ2v) is 2.48. The third-order valence-corrected chi connectivity index (χ3v) is 1.74. The average Bonchev–Trinajstić information content (AvgIpc) is 1.55. The molecule has 0 amide bonds. The van der Waals surface area contributed by atoms with Crippen molar-refractivity contribution in [3.63, 3.8) is 0 Å². The summed E-state index contributed by atoms with van der Waals surface area (Å²) in [6, 6.07) is 0. The standard InChI is InChI=1S/C6H10Cl/c7-5-4-6-2-1-3-6/h1,6H,2-5H2. The molecular weight excluding hydrogens is 108 g/mol. The third kappa shape index (κ3) is 1.34. The van der Waals surface area contributed by atoms with E-state index in [2.05, 4.69) is 6.42 Å². The Kier molecular flexibility index (Phi) is 1.99. The van der Waals surface area contributed by atoms with E-state index in [-0.39, 0.29) is 0 Å². The van der Waals surface area contributed by atoms with Crippen molar-refractivity contribution >= 4 is 11.6 Å². The van der Waals surface area contributed by atoms with Crippen molar-refractivity contribution in [2.75, 3.05) is 5.88 Å². The molecule has 0 saturated heterocycles. The Bertz CT molecular complexity index is 48.1. The van der Waals surface area contributed by atoms with E-state index in [1.165, 1.54) is 19.3 Å². The van der Waals surface area contributed by atoms with E-state index in [9.17, 15) is 0 Å². The largest absolute Gasteiger partial charge is 0.127 e. The molecule has 1 aliphatic carbocycles. The normalized spacial score (nSPS) is 21.9. The molecule has 1 radical (unpaired) electrons. The van der Waals surface area contributed by atoms with Crippen LogP contribution in [0, 0.1) is 12.3 Å². The highest BCUT2D eigenvalue weighted by atomic mass is 35.5. The van der Waals surface area contributed by atoms with E-state index in [0.29, 0.717) is 0 Å². The molecular formula is C6H10Cl. The van der Waals surface area contributed by atoms with Crippen LogP contribution in [0.25, 0.3) is 0 Å². The summed E-state index contributed by atoms with van der Waals surface area (Å²) in [7, 11) is 0. The van der Waals surface area contributed by atoms with E-state index in [4.69, 9.17) is 11.6 Å². The summed E-state index contributed by atoms with van der Waals surface area (Å²) in [5.41, 5.74) is 0. The van der Waals surface area contributed by atoms with Crippen LogP contribution in [0.3, 0.4) is 0 Å². The predicted octanol–water partition coefficient (Wildman–Crippen LogP) is 2.23. The van der Waals surface area contributed by atoms with Crippen LogP contribution in [0.1, 0.15) is 19.3 Å². The molecule has 0 spiro atoms. The molecule has 0 unspecified atom stereocenters. The summed E-state index contributed by atoms with van der Waals surface area (Å²) in [4.78, 5) is 0. The monoisotopic (exact) mass is 117 g/mol. The van der Waals surface area contributed by atoms with Gasteiger partial charge in [0.15, 0.2) is 0 Å². The Morgan fingerprint density at radius 2 is 2.29 bits per heavy atom. The molecule has 1 rings (SSSR count). The Morgan fingerprint density at radius 3 is 2.43 bits per heavy atom. The highest BCUT2D eigenvalue weighted by molar-refractivity contribution is 6.17. The first-order valence-electron chi connectivity index (χ1n) is 2.81. The van der Waals surface area contributed by atoms with E-state index in [1.807, 2.05) is 0 Å². The van der Waals surface area contributed by atoms with Gasteiger partial charge in [-0.25, -0.2) is 0 Å². The fraction of sp³-hybridized carbons (Fsp3) is 0.833. The topological polar surface area (TPSA) is 0 Å². The quantitative estimate of drug-likeness (QED) is 0.487. The van der Waals surface area contributed by atoms with Gasteiger partial charge in [-0.15, -0.1) is 11.6 Å². The zero-order valence-corrected chi connectivity index (χ0v) is 5.12. The molecule has 0 aromatic heterocycles. The first kappa shape index (κ1) is 5.43. The third-order valence-electron chi connectivity index (χ3n) is 1.52. The maximum absolute atomic E-state index is 5.50. The van der Waals surface area contributed by atoms with Gasteiger partial charge < -0.3 is 0 Å². The van der Waals surface area contributed by atoms with Crippen molar-refractivity contribution in [3.05, 3.63) is 6.42 Å². The molecule has 1 fully saturated rings.